The molecule has 0 bridgehead atoms. The second-order valence-electron chi connectivity index (χ2n) is 5.89. The number of aromatic nitrogens is 3. The highest BCUT2D eigenvalue weighted by Gasteiger charge is 2.26. The van der Waals surface area contributed by atoms with E-state index in [0.29, 0.717) is 32.0 Å². The van der Waals surface area contributed by atoms with Gasteiger partial charge < -0.3 is 10.2 Å². The van der Waals surface area contributed by atoms with Crippen molar-refractivity contribution in [3.05, 3.63) is 36.3 Å². The van der Waals surface area contributed by atoms with Crippen molar-refractivity contribution in [1.82, 2.24) is 19.3 Å². The summed E-state index contributed by atoms with van der Waals surface area (Å²) in [6.07, 6.45) is 3.25. The summed E-state index contributed by atoms with van der Waals surface area (Å²) in [7, 11) is -3.13. The molecule has 25 heavy (non-hydrogen) atoms. The van der Waals surface area contributed by atoms with E-state index in [0.717, 1.165) is 17.2 Å². The molecule has 0 aliphatic carbocycles. The van der Waals surface area contributed by atoms with Gasteiger partial charge in [0.2, 0.25) is 10.0 Å². The van der Waals surface area contributed by atoms with Gasteiger partial charge in [-0.3, -0.25) is 0 Å². The molecule has 2 aromatic rings. The Kier molecular flexibility index (Phi) is 5.14. The van der Waals surface area contributed by atoms with E-state index >= 15 is 0 Å². The molecule has 0 radical (unpaired) electrons. The van der Waals surface area contributed by atoms with Gasteiger partial charge in [0.25, 0.3) is 0 Å². The van der Waals surface area contributed by atoms with Crippen molar-refractivity contribution in [2.24, 2.45) is 0 Å². The van der Waals surface area contributed by atoms with E-state index in [9.17, 15) is 8.42 Å². The second-order valence-corrected chi connectivity index (χ2v) is 8.15. The average molecular weight is 362 g/mol. The number of nitrogens with zero attached hydrogens (tertiary/aromatic N) is 5. The van der Waals surface area contributed by atoms with Crippen LogP contribution in [0.5, 0.6) is 0 Å². The maximum Gasteiger partial charge on any atom is 0.213 e. The molecule has 0 amide bonds. The van der Waals surface area contributed by atoms with Crippen molar-refractivity contribution in [1.29, 1.82) is 0 Å². The summed E-state index contributed by atoms with van der Waals surface area (Å²) in [4.78, 5) is 14.9. The Bertz CT molecular complexity index is 834. The number of aryl methyl sites for hydroxylation is 1. The predicted octanol–water partition coefficient (Wildman–Crippen LogP) is 1.40. The third kappa shape index (κ3) is 4.23. The lowest BCUT2D eigenvalue weighted by Gasteiger charge is -2.34. The molecule has 134 valence electrons. The number of piperazine rings is 1. The summed E-state index contributed by atoms with van der Waals surface area (Å²) in [6.45, 7) is 5.84. The molecule has 0 atom stereocenters. The maximum atomic E-state index is 11.9. The van der Waals surface area contributed by atoms with Crippen LogP contribution in [0, 0.1) is 6.92 Å². The molecule has 3 rings (SSSR count). The minimum absolute atomic E-state index is 0.137. The highest BCUT2D eigenvalue weighted by Crippen LogP contribution is 2.19. The zero-order chi connectivity index (χ0) is 17.9. The van der Waals surface area contributed by atoms with Gasteiger partial charge in [0.15, 0.2) is 0 Å². The van der Waals surface area contributed by atoms with Crippen molar-refractivity contribution in [3.8, 4) is 0 Å². The molecule has 8 nitrogen and oxygen atoms in total. The van der Waals surface area contributed by atoms with Crippen LogP contribution in [0.2, 0.25) is 0 Å². The first-order valence-electron chi connectivity index (χ1n) is 8.22. The largest absolute Gasteiger partial charge is 0.354 e. The molecule has 1 aliphatic rings. The topological polar surface area (TPSA) is 91.3 Å². The van der Waals surface area contributed by atoms with E-state index in [-0.39, 0.29) is 5.75 Å². The second kappa shape index (κ2) is 7.32. The number of nitrogens with one attached hydrogen (secondary N) is 1. The average Bonchev–Trinajstić information content (AvgIpc) is 2.62. The SMILES string of the molecule is CCS(=O)(=O)N1CCN(c2cc(Nc3cc(C)ccn3)ncn2)CC1. The molecule has 1 saturated heterocycles. The third-order valence-corrected chi connectivity index (χ3v) is 6.03. The first-order chi connectivity index (χ1) is 12.0. The highest BCUT2D eigenvalue weighted by atomic mass is 32.2. The van der Waals surface area contributed by atoms with E-state index in [1.165, 1.54) is 6.33 Å². The lowest BCUT2D eigenvalue weighted by atomic mass is 10.3. The van der Waals surface area contributed by atoms with Gasteiger partial charge in [-0.15, -0.1) is 0 Å². The zero-order valence-electron chi connectivity index (χ0n) is 14.4. The van der Waals surface area contributed by atoms with E-state index in [1.807, 2.05) is 25.1 Å². The van der Waals surface area contributed by atoms with E-state index in [4.69, 9.17) is 0 Å². The maximum absolute atomic E-state index is 11.9. The Hall–Kier alpha value is -2.26. The zero-order valence-corrected chi connectivity index (χ0v) is 15.2. The molecule has 1 aliphatic heterocycles. The minimum Gasteiger partial charge on any atom is -0.354 e. The van der Waals surface area contributed by atoms with Gasteiger partial charge >= 0.3 is 0 Å². The van der Waals surface area contributed by atoms with Crippen LogP contribution in [0.1, 0.15) is 12.5 Å². The summed E-state index contributed by atoms with van der Waals surface area (Å²) in [5.74, 6) is 2.30. The molecular formula is C16H22N6O2S. The van der Waals surface area contributed by atoms with Crippen LogP contribution in [0.4, 0.5) is 17.5 Å². The van der Waals surface area contributed by atoms with Gasteiger partial charge in [0.05, 0.1) is 5.75 Å². The van der Waals surface area contributed by atoms with Crippen LogP contribution >= 0.6 is 0 Å². The van der Waals surface area contributed by atoms with Gasteiger partial charge in [-0.2, -0.15) is 4.31 Å². The molecule has 0 unspecified atom stereocenters. The Morgan fingerprint density at radius 3 is 2.48 bits per heavy atom. The lowest BCUT2D eigenvalue weighted by Crippen LogP contribution is -2.49. The first-order valence-corrected chi connectivity index (χ1v) is 9.83. The van der Waals surface area contributed by atoms with Gasteiger partial charge in [0, 0.05) is 38.4 Å². The van der Waals surface area contributed by atoms with Crippen LogP contribution in [0.15, 0.2) is 30.7 Å². The minimum atomic E-state index is -3.13. The summed E-state index contributed by atoms with van der Waals surface area (Å²) >= 11 is 0. The molecule has 1 N–H and O–H groups in total. The van der Waals surface area contributed by atoms with Crippen molar-refractivity contribution in [2.45, 2.75) is 13.8 Å². The van der Waals surface area contributed by atoms with Crippen molar-refractivity contribution in [3.63, 3.8) is 0 Å². The summed E-state index contributed by atoms with van der Waals surface area (Å²) in [5, 5.41) is 3.17. The van der Waals surface area contributed by atoms with Crippen LogP contribution in [-0.2, 0) is 10.0 Å². The number of hydrogen-bond donors (Lipinski definition) is 1. The Morgan fingerprint density at radius 1 is 1.08 bits per heavy atom. The summed E-state index contributed by atoms with van der Waals surface area (Å²) < 4.78 is 25.4. The van der Waals surface area contributed by atoms with Gasteiger partial charge in [0.1, 0.15) is 23.8 Å². The lowest BCUT2D eigenvalue weighted by molar-refractivity contribution is 0.384. The van der Waals surface area contributed by atoms with Crippen molar-refractivity contribution < 1.29 is 8.42 Å². The van der Waals surface area contributed by atoms with E-state index in [1.54, 1.807) is 17.4 Å². The molecule has 3 heterocycles. The standard InChI is InChI=1S/C16H22N6O2S/c1-3-25(23,24)22-8-6-21(7-9-22)16-11-15(18-12-19-16)20-14-10-13(2)4-5-17-14/h4-5,10-12H,3,6-9H2,1-2H3,(H,17,18,19,20). The summed E-state index contributed by atoms with van der Waals surface area (Å²) in [6, 6.07) is 5.73. The van der Waals surface area contributed by atoms with Gasteiger partial charge in [-0.05, 0) is 31.5 Å². The van der Waals surface area contributed by atoms with Gasteiger partial charge in [-0.1, -0.05) is 0 Å². The molecule has 2 aromatic heterocycles. The molecule has 1 fully saturated rings. The fraction of sp³-hybridized carbons (Fsp3) is 0.438. The molecule has 0 saturated carbocycles. The van der Waals surface area contributed by atoms with Gasteiger partial charge in [-0.25, -0.2) is 23.4 Å². The fourth-order valence-electron chi connectivity index (χ4n) is 2.70. The first kappa shape index (κ1) is 17.6. The van der Waals surface area contributed by atoms with Crippen LogP contribution in [0.3, 0.4) is 0 Å². The van der Waals surface area contributed by atoms with Crippen molar-refractivity contribution in [2.75, 3.05) is 42.1 Å². The predicted molar refractivity (Wildman–Crippen MR) is 97.5 cm³/mol. The Balaban J connectivity index is 1.68. The molecule has 0 aromatic carbocycles. The number of pyridine rings is 1. The quantitative estimate of drug-likeness (QED) is 0.859. The van der Waals surface area contributed by atoms with Crippen LogP contribution in [-0.4, -0.2) is 59.6 Å². The number of rotatable bonds is 5. The Morgan fingerprint density at radius 2 is 1.80 bits per heavy atom. The fourth-order valence-corrected chi connectivity index (χ4v) is 3.79. The van der Waals surface area contributed by atoms with Crippen LogP contribution < -0.4 is 10.2 Å². The van der Waals surface area contributed by atoms with E-state index in [2.05, 4.69) is 25.2 Å². The monoisotopic (exact) mass is 362 g/mol. The van der Waals surface area contributed by atoms with E-state index < -0.39 is 10.0 Å². The molecule has 9 heteroatoms. The number of anilines is 3. The van der Waals surface area contributed by atoms with Crippen molar-refractivity contribution >= 4 is 27.5 Å². The molecular weight excluding hydrogens is 340 g/mol. The Labute approximate surface area is 148 Å². The molecule has 0 spiro atoms. The third-order valence-electron chi connectivity index (χ3n) is 4.15. The normalized spacial score (nSPS) is 16.0. The highest BCUT2D eigenvalue weighted by molar-refractivity contribution is 7.89. The van der Waals surface area contributed by atoms with Crippen LogP contribution in [0.25, 0.3) is 0 Å². The smallest absolute Gasteiger partial charge is 0.213 e. The summed E-state index contributed by atoms with van der Waals surface area (Å²) in [5.41, 5.74) is 1.11. The number of sulfonamides is 1. The number of hydrogen-bond acceptors (Lipinski definition) is 7.